The van der Waals surface area contributed by atoms with E-state index in [1.807, 2.05) is 6.08 Å². The Kier molecular flexibility index (Phi) is 4.46. The molecule has 0 aliphatic heterocycles. The van der Waals surface area contributed by atoms with Gasteiger partial charge in [-0.1, -0.05) is 25.5 Å². The van der Waals surface area contributed by atoms with Gasteiger partial charge in [0.05, 0.1) is 6.61 Å². The van der Waals surface area contributed by atoms with Crippen LogP contribution < -0.4 is 4.74 Å². The van der Waals surface area contributed by atoms with Crippen LogP contribution >= 0.6 is 0 Å². The van der Waals surface area contributed by atoms with Crippen molar-refractivity contribution in [2.75, 3.05) is 6.61 Å². The number of hydrogen-bond donors (Lipinski definition) is 0. The highest BCUT2D eigenvalue weighted by molar-refractivity contribution is 5.41. The lowest BCUT2D eigenvalue weighted by molar-refractivity contribution is 0.309. The highest BCUT2D eigenvalue weighted by Gasteiger charge is 2.24. The van der Waals surface area contributed by atoms with Crippen LogP contribution in [-0.4, -0.2) is 6.61 Å². The fourth-order valence-corrected chi connectivity index (χ4v) is 2.07. The first kappa shape index (κ1) is 13.2. The lowest BCUT2D eigenvalue weighted by Crippen LogP contribution is -1.99. The predicted octanol–water partition coefficient (Wildman–Crippen LogP) is 4.85. The van der Waals surface area contributed by atoms with Gasteiger partial charge in [-0.15, -0.1) is 6.58 Å². The first-order chi connectivity index (χ1) is 8.74. The van der Waals surface area contributed by atoms with Gasteiger partial charge in [0.1, 0.15) is 5.75 Å². The molecule has 1 aromatic rings. The molecule has 1 nitrogen and oxygen atoms in total. The topological polar surface area (TPSA) is 9.23 Å². The van der Waals surface area contributed by atoms with E-state index in [0.717, 1.165) is 24.7 Å². The van der Waals surface area contributed by atoms with Gasteiger partial charge in [0, 0.05) is 5.92 Å². The summed E-state index contributed by atoms with van der Waals surface area (Å²) in [5, 5.41) is 0. The van der Waals surface area contributed by atoms with Crippen LogP contribution in [0, 0.1) is 6.92 Å². The summed E-state index contributed by atoms with van der Waals surface area (Å²) in [6, 6.07) is 6.58. The van der Waals surface area contributed by atoms with Crippen molar-refractivity contribution in [3.63, 3.8) is 0 Å². The SMILES string of the molecule is [CH2]C(C=C)c1cc(OCCCC)cc(C2CC2)c1. The Morgan fingerprint density at radius 1 is 1.39 bits per heavy atom. The van der Waals surface area contributed by atoms with Crippen molar-refractivity contribution in [2.24, 2.45) is 0 Å². The molecule has 0 spiro atoms. The van der Waals surface area contributed by atoms with E-state index < -0.39 is 0 Å². The molecule has 0 bridgehead atoms. The standard InChI is InChI=1S/C17H23O/c1-4-6-9-18-17-11-15(13(3)5-2)10-16(12-17)14-7-8-14/h5,10-14H,2-4,6-9H2,1H3. The molecule has 0 N–H and O–H groups in total. The zero-order valence-corrected chi connectivity index (χ0v) is 11.3. The maximum atomic E-state index is 5.84. The predicted molar refractivity (Wildman–Crippen MR) is 77.1 cm³/mol. The monoisotopic (exact) mass is 243 g/mol. The quantitative estimate of drug-likeness (QED) is 0.491. The summed E-state index contributed by atoms with van der Waals surface area (Å²) in [6.07, 6.45) is 6.79. The molecule has 18 heavy (non-hydrogen) atoms. The molecule has 1 fully saturated rings. The van der Waals surface area contributed by atoms with Crippen LogP contribution in [0.3, 0.4) is 0 Å². The molecule has 1 atom stereocenters. The lowest BCUT2D eigenvalue weighted by atomic mass is 9.97. The molecule has 1 aromatic carbocycles. The smallest absolute Gasteiger partial charge is 0.119 e. The lowest BCUT2D eigenvalue weighted by Gasteiger charge is -2.13. The van der Waals surface area contributed by atoms with E-state index in [4.69, 9.17) is 4.74 Å². The van der Waals surface area contributed by atoms with Crippen molar-refractivity contribution in [2.45, 2.75) is 44.4 Å². The molecular weight excluding hydrogens is 220 g/mol. The average molecular weight is 243 g/mol. The number of ether oxygens (including phenoxy) is 1. The third kappa shape index (κ3) is 3.38. The first-order valence-corrected chi connectivity index (χ1v) is 6.98. The van der Waals surface area contributed by atoms with Gasteiger partial charge < -0.3 is 4.74 Å². The molecule has 1 unspecified atom stereocenters. The second-order valence-corrected chi connectivity index (χ2v) is 5.15. The van der Waals surface area contributed by atoms with Crippen LogP contribution in [0.25, 0.3) is 0 Å². The highest BCUT2D eigenvalue weighted by atomic mass is 16.5. The van der Waals surface area contributed by atoms with E-state index in [0.29, 0.717) is 0 Å². The van der Waals surface area contributed by atoms with Crippen LogP contribution in [0.2, 0.25) is 0 Å². The zero-order chi connectivity index (χ0) is 13.0. The molecule has 1 saturated carbocycles. The number of allylic oxidation sites excluding steroid dienone is 1. The summed E-state index contributed by atoms with van der Waals surface area (Å²) in [5.74, 6) is 1.89. The minimum absolute atomic E-state index is 0.150. The molecule has 97 valence electrons. The van der Waals surface area contributed by atoms with E-state index >= 15 is 0 Å². The molecule has 1 radical (unpaired) electrons. The largest absolute Gasteiger partial charge is 0.494 e. The van der Waals surface area contributed by atoms with Crippen LogP contribution in [0.5, 0.6) is 5.75 Å². The first-order valence-electron chi connectivity index (χ1n) is 6.98. The van der Waals surface area contributed by atoms with Gasteiger partial charge in [-0.2, -0.15) is 0 Å². The second-order valence-electron chi connectivity index (χ2n) is 5.15. The van der Waals surface area contributed by atoms with Gasteiger partial charge >= 0.3 is 0 Å². The Morgan fingerprint density at radius 3 is 2.78 bits per heavy atom. The molecule has 1 aliphatic rings. The molecule has 1 aliphatic carbocycles. The van der Waals surface area contributed by atoms with Crippen molar-refractivity contribution in [3.05, 3.63) is 48.9 Å². The summed E-state index contributed by atoms with van der Waals surface area (Å²) >= 11 is 0. The van der Waals surface area contributed by atoms with Crippen molar-refractivity contribution in [1.82, 2.24) is 0 Å². The van der Waals surface area contributed by atoms with Gasteiger partial charge in [0.2, 0.25) is 0 Å². The van der Waals surface area contributed by atoms with E-state index in [-0.39, 0.29) is 5.92 Å². The number of unbranched alkanes of at least 4 members (excludes halogenated alkanes) is 1. The Balaban J connectivity index is 2.16. The van der Waals surface area contributed by atoms with Crippen molar-refractivity contribution in [3.8, 4) is 5.75 Å². The van der Waals surface area contributed by atoms with E-state index in [9.17, 15) is 0 Å². The van der Waals surface area contributed by atoms with Gasteiger partial charge in [0.25, 0.3) is 0 Å². The van der Waals surface area contributed by atoms with Crippen LogP contribution in [0.4, 0.5) is 0 Å². The Labute approximate surface area is 111 Å². The number of hydrogen-bond acceptors (Lipinski definition) is 1. The molecule has 0 saturated heterocycles. The zero-order valence-electron chi connectivity index (χ0n) is 11.3. The van der Waals surface area contributed by atoms with E-state index in [2.05, 4.69) is 38.6 Å². The van der Waals surface area contributed by atoms with Gasteiger partial charge in [-0.3, -0.25) is 0 Å². The third-order valence-electron chi connectivity index (χ3n) is 3.48. The fourth-order valence-electron chi connectivity index (χ4n) is 2.07. The Hall–Kier alpha value is -1.24. The average Bonchev–Trinajstić information content (AvgIpc) is 3.22. The van der Waals surface area contributed by atoms with Crippen LogP contribution in [0.1, 0.15) is 55.6 Å². The van der Waals surface area contributed by atoms with Crippen LogP contribution in [0.15, 0.2) is 30.9 Å². The second kappa shape index (κ2) is 6.08. The Bertz CT molecular complexity index is 404. The van der Waals surface area contributed by atoms with Gasteiger partial charge in [0.15, 0.2) is 0 Å². The molecule has 2 rings (SSSR count). The summed E-state index contributed by atoms with van der Waals surface area (Å²) in [5.41, 5.74) is 2.63. The van der Waals surface area contributed by atoms with Gasteiger partial charge in [-0.25, -0.2) is 0 Å². The molecule has 1 heteroatoms. The van der Waals surface area contributed by atoms with E-state index in [1.165, 1.54) is 30.4 Å². The van der Waals surface area contributed by atoms with Crippen molar-refractivity contribution in [1.29, 1.82) is 0 Å². The Morgan fingerprint density at radius 2 is 2.17 bits per heavy atom. The maximum Gasteiger partial charge on any atom is 0.119 e. The highest BCUT2D eigenvalue weighted by Crippen LogP contribution is 2.42. The van der Waals surface area contributed by atoms with Crippen molar-refractivity contribution >= 4 is 0 Å². The maximum absolute atomic E-state index is 5.84. The van der Waals surface area contributed by atoms with E-state index in [1.54, 1.807) is 0 Å². The third-order valence-corrected chi connectivity index (χ3v) is 3.48. The van der Waals surface area contributed by atoms with Gasteiger partial charge in [-0.05, 0) is 55.4 Å². The minimum Gasteiger partial charge on any atom is -0.494 e. The molecule has 0 amide bonds. The minimum atomic E-state index is 0.150. The van der Waals surface area contributed by atoms with Crippen LogP contribution in [-0.2, 0) is 0 Å². The molecule has 0 aromatic heterocycles. The summed E-state index contributed by atoms with van der Waals surface area (Å²) in [6.45, 7) is 10.9. The van der Waals surface area contributed by atoms with Crippen molar-refractivity contribution < 1.29 is 4.74 Å². The number of benzene rings is 1. The summed E-state index contributed by atoms with van der Waals surface area (Å²) in [7, 11) is 0. The molecule has 0 heterocycles. The molecular formula is C17H23O. The number of rotatable bonds is 7. The fraction of sp³-hybridized carbons (Fsp3) is 0.471. The summed E-state index contributed by atoms with van der Waals surface area (Å²) < 4.78 is 5.84. The summed E-state index contributed by atoms with van der Waals surface area (Å²) in [4.78, 5) is 0. The normalized spacial score (nSPS) is 16.3.